The van der Waals surface area contributed by atoms with Gasteiger partial charge < -0.3 is 19.7 Å². The number of hydrogen-bond acceptors (Lipinski definition) is 6. The number of nitro groups is 1. The van der Waals surface area contributed by atoms with Gasteiger partial charge in [-0.25, -0.2) is 0 Å². The Morgan fingerprint density at radius 1 is 1.18 bits per heavy atom. The summed E-state index contributed by atoms with van der Waals surface area (Å²) in [6.45, 7) is 4.17. The highest BCUT2D eigenvalue weighted by molar-refractivity contribution is 6.33. The summed E-state index contributed by atoms with van der Waals surface area (Å²) in [7, 11) is 1.59. The zero-order valence-electron chi connectivity index (χ0n) is 15.9. The van der Waals surface area contributed by atoms with Crippen LogP contribution in [0.5, 0.6) is 11.5 Å². The second-order valence-electron chi connectivity index (χ2n) is 5.79. The molecule has 0 aliphatic carbocycles. The summed E-state index contributed by atoms with van der Waals surface area (Å²) >= 11 is 6.04. The number of benzene rings is 2. The first kappa shape index (κ1) is 21.3. The molecule has 28 heavy (non-hydrogen) atoms. The lowest BCUT2D eigenvalue weighted by molar-refractivity contribution is -0.384. The number of para-hydroxylation sites is 1. The van der Waals surface area contributed by atoms with Crippen LogP contribution in [0.1, 0.15) is 13.8 Å². The molecular formula is C19H22ClN3O5. The average molecular weight is 408 g/mol. The van der Waals surface area contributed by atoms with E-state index >= 15 is 0 Å². The Hall–Kier alpha value is -3.00. The molecule has 0 heterocycles. The molecule has 150 valence electrons. The van der Waals surface area contributed by atoms with Crippen molar-refractivity contribution in [3.63, 3.8) is 0 Å². The molecular weight excluding hydrogens is 386 g/mol. The number of nitro benzene ring substituents is 1. The Kier molecular flexibility index (Phi) is 7.45. The lowest BCUT2D eigenvalue weighted by Gasteiger charge is -2.21. The van der Waals surface area contributed by atoms with Crippen LogP contribution >= 0.6 is 11.6 Å². The fraction of sp³-hybridized carbons (Fsp3) is 0.316. The Balaban J connectivity index is 2.28. The van der Waals surface area contributed by atoms with E-state index in [9.17, 15) is 14.9 Å². The molecule has 2 rings (SSSR count). The Morgan fingerprint density at radius 2 is 1.79 bits per heavy atom. The number of nitrogens with zero attached hydrogens (tertiary/aromatic N) is 2. The van der Waals surface area contributed by atoms with Crippen molar-refractivity contribution in [2.75, 3.05) is 37.0 Å². The minimum absolute atomic E-state index is 0.119. The maximum Gasteiger partial charge on any atom is 0.296 e. The Labute approximate surface area is 168 Å². The van der Waals surface area contributed by atoms with Crippen molar-refractivity contribution in [3.05, 3.63) is 51.5 Å². The van der Waals surface area contributed by atoms with Gasteiger partial charge in [0.15, 0.2) is 11.5 Å². The molecule has 0 saturated heterocycles. The van der Waals surface area contributed by atoms with Crippen molar-refractivity contribution in [3.8, 4) is 11.5 Å². The Bertz CT molecular complexity index is 859. The van der Waals surface area contributed by atoms with Crippen LogP contribution in [-0.4, -0.2) is 37.6 Å². The fourth-order valence-corrected chi connectivity index (χ4v) is 2.76. The van der Waals surface area contributed by atoms with Gasteiger partial charge in [0.1, 0.15) is 5.69 Å². The van der Waals surface area contributed by atoms with Crippen LogP contribution in [-0.2, 0) is 4.79 Å². The summed E-state index contributed by atoms with van der Waals surface area (Å²) < 4.78 is 11.0. The van der Waals surface area contributed by atoms with E-state index in [1.165, 1.54) is 17.0 Å². The SMILES string of the molecule is CCOc1cc(N(C)CC(=O)Nc2ccccc2Cl)c([N+](=O)[O-])cc1OCC. The summed E-state index contributed by atoms with van der Waals surface area (Å²) in [5.74, 6) is 0.300. The first-order valence-corrected chi connectivity index (χ1v) is 9.08. The van der Waals surface area contributed by atoms with Crippen molar-refractivity contribution in [1.82, 2.24) is 0 Å². The molecule has 0 fully saturated rings. The number of rotatable bonds is 9. The summed E-state index contributed by atoms with van der Waals surface area (Å²) in [5.41, 5.74) is 0.532. The van der Waals surface area contributed by atoms with Gasteiger partial charge in [-0.3, -0.25) is 14.9 Å². The van der Waals surface area contributed by atoms with E-state index in [2.05, 4.69) is 5.32 Å². The standard InChI is InChI=1S/C19H22ClN3O5/c1-4-27-17-10-15(16(23(25)26)11-18(17)28-5-2)22(3)12-19(24)21-14-9-7-6-8-13(14)20/h6-11H,4-5,12H2,1-3H3,(H,21,24). The van der Waals surface area contributed by atoms with Crippen LogP contribution in [0.25, 0.3) is 0 Å². The molecule has 8 nitrogen and oxygen atoms in total. The van der Waals surface area contributed by atoms with Gasteiger partial charge in [-0.1, -0.05) is 23.7 Å². The van der Waals surface area contributed by atoms with Gasteiger partial charge in [0.25, 0.3) is 5.69 Å². The zero-order valence-corrected chi connectivity index (χ0v) is 16.7. The molecule has 2 aromatic rings. The third-order valence-electron chi connectivity index (χ3n) is 3.78. The smallest absolute Gasteiger partial charge is 0.296 e. The number of amides is 1. The molecule has 0 radical (unpaired) electrons. The Morgan fingerprint density at radius 3 is 2.36 bits per heavy atom. The van der Waals surface area contributed by atoms with Gasteiger partial charge in [0.2, 0.25) is 5.91 Å². The van der Waals surface area contributed by atoms with Crippen molar-refractivity contribution in [1.29, 1.82) is 0 Å². The number of likely N-dealkylation sites (N-methyl/N-ethyl adjacent to an activating group) is 1. The van der Waals surface area contributed by atoms with Crippen LogP contribution in [0.2, 0.25) is 5.02 Å². The van der Waals surface area contributed by atoms with E-state index in [-0.39, 0.29) is 29.6 Å². The van der Waals surface area contributed by atoms with Crippen molar-refractivity contribution in [2.45, 2.75) is 13.8 Å². The molecule has 2 aromatic carbocycles. The highest BCUT2D eigenvalue weighted by Crippen LogP contribution is 2.39. The molecule has 0 spiro atoms. The molecule has 0 aliphatic heterocycles. The van der Waals surface area contributed by atoms with E-state index in [4.69, 9.17) is 21.1 Å². The minimum Gasteiger partial charge on any atom is -0.490 e. The maximum absolute atomic E-state index is 12.4. The molecule has 1 N–H and O–H groups in total. The first-order valence-electron chi connectivity index (χ1n) is 8.70. The second-order valence-corrected chi connectivity index (χ2v) is 6.20. The normalized spacial score (nSPS) is 10.3. The number of nitrogens with one attached hydrogen (secondary N) is 1. The molecule has 0 saturated carbocycles. The number of carbonyl (C=O) groups is 1. The largest absolute Gasteiger partial charge is 0.490 e. The summed E-state index contributed by atoms with van der Waals surface area (Å²) in [5, 5.41) is 14.6. The molecule has 0 bridgehead atoms. The van der Waals surface area contributed by atoms with Crippen molar-refractivity contribution in [2.24, 2.45) is 0 Å². The molecule has 0 aliphatic rings. The van der Waals surface area contributed by atoms with Gasteiger partial charge in [-0.2, -0.15) is 0 Å². The number of halogens is 1. The number of carbonyl (C=O) groups excluding carboxylic acids is 1. The van der Waals surface area contributed by atoms with Gasteiger partial charge in [-0.05, 0) is 26.0 Å². The predicted molar refractivity (Wildman–Crippen MR) is 109 cm³/mol. The molecule has 0 aromatic heterocycles. The van der Waals surface area contributed by atoms with Gasteiger partial charge >= 0.3 is 0 Å². The molecule has 0 atom stereocenters. The summed E-state index contributed by atoms with van der Waals surface area (Å²) in [6.07, 6.45) is 0. The van der Waals surface area contributed by atoms with E-state index in [1.807, 2.05) is 0 Å². The minimum atomic E-state index is -0.518. The van der Waals surface area contributed by atoms with E-state index in [0.717, 1.165) is 0 Å². The van der Waals surface area contributed by atoms with Crippen LogP contribution < -0.4 is 19.7 Å². The number of ether oxygens (including phenoxy) is 2. The van der Waals surface area contributed by atoms with Gasteiger partial charge in [-0.15, -0.1) is 0 Å². The lowest BCUT2D eigenvalue weighted by Crippen LogP contribution is -2.30. The zero-order chi connectivity index (χ0) is 20.7. The van der Waals surface area contributed by atoms with Crippen LogP contribution in [0.4, 0.5) is 17.1 Å². The topological polar surface area (TPSA) is 93.9 Å². The number of anilines is 2. The van der Waals surface area contributed by atoms with Crippen LogP contribution in [0.3, 0.4) is 0 Å². The summed E-state index contributed by atoms with van der Waals surface area (Å²) in [6, 6.07) is 9.65. The first-order chi connectivity index (χ1) is 13.4. The van der Waals surface area contributed by atoms with Crippen LogP contribution in [0.15, 0.2) is 36.4 Å². The maximum atomic E-state index is 12.4. The molecule has 9 heteroatoms. The van der Waals surface area contributed by atoms with Crippen molar-refractivity contribution >= 4 is 34.6 Å². The van der Waals surface area contributed by atoms with Crippen molar-refractivity contribution < 1.29 is 19.2 Å². The highest BCUT2D eigenvalue weighted by atomic mass is 35.5. The van der Waals surface area contributed by atoms with E-state index in [0.29, 0.717) is 29.7 Å². The molecule has 0 unspecified atom stereocenters. The van der Waals surface area contributed by atoms with E-state index < -0.39 is 4.92 Å². The monoisotopic (exact) mass is 407 g/mol. The van der Waals surface area contributed by atoms with Crippen LogP contribution in [0, 0.1) is 10.1 Å². The lowest BCUT2D eigenvalue weighted by atomic mass is 10.2. The second kappa shape index (κ2) is 9.80. The third-order valence-corrected chi connectivity index (χ3v) is 4.11. The average Bonchev–Trinajstić information content (AvgIpc) is 2.64. The quantitative estimate of drug-likeness (QED) is 0.496. The number of hydrogen-bond donors (Lipinski definition) is 1. The van der Waals surface area contributed by atoms with Gasteiger partial charge in [0.05, 0.1) is 41.5 Å². The van der Waals surface area contributed by atoms with Gasteiger partial charge in [0, 0.05) is 13.1 Å². The predicted octanol–water partition coefficient (Wildman–Crippen LogP) is 4.12. The third kappa shape index (κ3) is 5.26. The van der Waals surface area contributed by atoms with E-state index in [1.54, 1.807) is 45.2 Å². The highest BCUT2D eigenvalue weighted by Gasteiger charge is 2.24. The molecule has 1 amide bonds. The fourth-order valence-electron chi connectivity index (χ4n) is 2.58. The summed E-state index contributed by atoms with van der Waals surface area (Å²) in [4.78, 5) is 24.9.